The number of hydrogen-bond acceptors (Lipinski definition) is 9. The smallest absolute Gasteiger partial charge is 0.323 e. The summed E-state index contributed by atoms with van der Waals surface area (Å²) in [4.78, 5) is 47.5. The average molecular weight is 561 g/mol. The molecule has 2 atom stereocenters. The predicted octanol–water partition coefficient (Wildman–Crippen LogP) is 4.25. The molecular weight excluding hydrogens is 512 g/mol. The van der Waals surface area contributed by atoms with E-state index < -0.39 is 17.6 Å². The van der Waals surface area contributed by atoms with Crippen molar-refractivity contribution in [1.82, 2.24) is 19.5 Å². The zero-order valence-electron chi connectivity index (χ0n) is 24.4. The highest BCUT2D eigenvalue weighted by Crippen LogP contribution is 2.15. The van der Waals surface area contributed by atoms with Crippen molar-refractivity contribution in [2.45, 2.75) is 104 Å². The molecule has 0 aliphatic rings. The molecule has 0 saturated heterocycles. The number of nitrogens with one attached hydrogen (secondary N) is 1. The first-order chi connectivity index (χ1) is 19.2. The third-order valence-corrected chi connectivity index (χ3v) is 6.83. The van der Waals surface area contributed by atoms with Gasteiger partial charge in [-0.2, -0.15) is 4.98 Å². The first-order valence-electron chi connectivity index (χ1n) is 14.7. The highest BCUT2D eigenvalue weighted by atomic mass is 16.5. The molecule has 2 rings (SSSR count). The molecule has 11 heteroatoms. The van der Waals surface area contributed by atoms with Crippen LogP contribution in [0, 0.1) is 11.8 Å². The van der Waals surface area contributed by atoms with Gasteiger partial charge < -0.3 is 25.5 Å². The van der Waals surface area contributed by atoms with E-state index in [0.717, 1.165) is 32.1 Å². The maximum absolute atomic E-state index is 12.4. The lowest BCUT2D eigenvalue weighted by atomic mass is 10.1. The van der Waals surface area contributed by atoms with Crippen molar-refractivity contribution >= 4 is 29.1 Å². The zero-order valence-corrected chi connectivity index (χ0v) is 24.4. The number of H-pyrrole nitrogens is 1. The zero-order chi connectivity index (χ0) is 29.3. The van der Waals surface area contributed by atoms with Crippen LogP contribution in [-0.4, -0.2) is 50.7 Å². The van der Waals surface area contributed by atoms with Gasteiger partial charge in [0, 0.05) is 18.9 Å². The van der Waals surface area contributed by atoms with E-state index in [4.69, 9.17) is 20.9 Å². The molecular formula is C29H48N6O5. The van der Waals surface area contributed by atoms with E-state index in [1.807, 2.05) is 13.8 Å². The summed E-state index contributed by atoms with van der Waals surface area (Å²) >= 11 is 0. The minimum absolute atomic E-state index is 0.0118. The molecule has 0 unspecified atom stereocenters. The number of nitrogens with zero attached hydrogens (tertiary/aromatic N) is 3. The van der Waals surface area contributed by atoms with E-state index in [9.17, 15) is 14.4 Å². The van der Waals surface area contributed by atoms with Crippen molar-refractivity contribution < 1.29 is 19.1 Å². The van der Waals surface area contributed by atoms with Gasteiger partial charge in [0.15, 0.2) is 11.2 Å². The van der Waals surface area contributed by atoms with Gasteiger partial charge in [-0.25, -0.2) is 4.98 Å². The van der Waals surface area contributed by atoms with Crippen molar-refractivity contribution in [2.75, 3.05) is 18.9 Å². The quantitative estimate of drug-likeness (QED) is 0.122. The number of hydrogen-bond donors (Lipinski definition) is 3. The van der Waals surface area contributed by atoms with Crippen LogP contribution in [0.3, 0.4) is 0 Å². The van der Waals surface area contributed by atoms with Crippen LogP contribution in [-0.2, 0) is 25.6 Å². The summed E-state index contributed by atoms with van der Waals surface area (Å²) in [6.07, 6.45) is 16.8. The van der Waals surface area contributed by atoms with Gasteiger partial charge in [0.1, 0.15) is 6.04 Å². The minimum Gasteiger partial charge on any atom is -0.465 e. The van der Waals surface area contributed by atoms with Crippen LogP contribution in [0.5, 0.6) is 0 Å². The Labute approximate surface area is 237 Å². The number of allylic oxidation sites excluding steroid dienone is 2. The number of imidazole rings is 1. The number of ether oxygens (including phenoxy) is 2. The Balaban J connectivity index is 1.82. The SMILES string of the molecule is CCCC/C=C/CCCCCCCC(=O)OC[C@H](CCOC(=O)[C@@H](N)C(C)C)Cn1cnc2c(=O)[nH]c(N)nc21. The fraction of sp³-hybridized carbons (Fsp3) is 0.690. The second kappa shape index (κ2) is 18.2. The molecule has 0 aromatic carbocycles. The molecule has 2 aromatic heterocycles. The second-order valence-electron chi connectivity index (χ2n) is 10.7. The van der Waals surface area contributed by atoms with Crippen LogP contribution in [0.25, 0.3) is 11.2 Å². The van der Waals surface area contributed by atoms with E-state index in [-0.39, 0.29) is 42.5 Å². The first kappa shape index (κ1) is 33.0. The van der Waals surface area contributed by atoms with Crippen molar-refractivity contribution in [2.24, 2.45) is 17.6 Å². The Kier molecular flexibility index (Phi) is 15.0. The van der Waals surface area contributed by atoms with Crippen molar-refractivity contribution in [3.63, 3.8) is 0 Å². The van der Waals surface area contributed by atoms with Crippen molar-refractivity contribution in [1.29, 1.82) is 0 Å². The normalized spacial score (nSPS) is 13.2. The van der Waals surface area contributed by atoms with Crippen LogP contribution in [0.1, 0.15) is 91.4 Å². The first-order valence-corrected chi connectivity index (χ1v) is 14.7. The lowest BCUT2D eigenvalue weighted by Gasteiger charge is -2.19. The Bertz CT molecular complexity index is 1130. The molecule has 0 aliphatic heterocycles. The average Bonchev–Trinajstić information content (AvgIpc) is 3.32. The number of nitrogens with two attached hydrogens (primary N) is 2. The summed E-state index contributed by atoms with van der Waals surface area (Å²) in [5.41, 5.74) is 11.7. The van der Waals surface area contributed by atoms with Gasteiger partial charge >= 0.3 is 11.9 Å². The molecule has 5 N–H and O–H groups in total. The number of nitrogen functional groups attached to an aromatic ring is 1. The number of esters is 2. The summed E-state index contributed by atoms with van der Waals surface area (Å²) in [6.45, 7) is 6.51. The Morgan fingerprint density at radius 2 is 1.77 bits per heavy atom. The van der Waals surface area contributed by atoms with Gasteiger partial charge in [0.2, 0.25) is 5.95 Å². The van der Waals surface area contributed by atoms with E-state index in [1.165, 1.54) is 32.0 Å². The third kappa shape index (κ3) is 11.9. The number of aromatic amines is 1. The van der Waals surface area contributed by atoms with E-state index in [1.54, 1.807) is 4.57 Å². The topological polar surface area (TPSA) is 168 Å². The molecule has 0 amide bonds. The van der Waals surface area contributed by atoms with Crippen LogP contribution < -0.4 is 17.0 Å². The van der Waals surface area contributed by atoms with Gasteiger partial charge in [-0.05, 0) is 38.0 Å². The molecule has 40 heavy (non-hydrogen) atoms. The van der Waals surface area contributed by atoms with Gasteiger partial charge in [0.25, 0.3) is 5.56 Å². The molecule has 224 valence electrons. The molecule has 11 nitrogen and oxygen atoms in total. The monoisotopic (exact) mass is 560 g/mol. The largest absolute Gasteiger partial charge is 0.465 e. The number of carbonyl (C=O) groups excluding carboxylic acids is 2. The summed E-state index contributed by atoms with van der Waals surface area (Å²) in [7, 11) is 0. The van der Waals surface area contributed by atoms with Gasteiger partial charge in [-0.1, -0.05) is 65.0 Å². The van der Waals surface area contributed by atoms with Crippen LogP contribution >= 0.6 is 0 Å². The highest BCUT2D eigenvalue weighted by molar-refractivity contribution is 5.75. The lowest BCUT2D eigenvalue weighted by Crippen LogP contribution is -2.37. The van der Waals surface area contributed by atoms with Crippen molar-refractivity contribution in [3.8, 4) is 0 Å². The third-order valence-electron chi connectivity index (χ3n) is 6.83. The molecule has 2 aromatic rings. The summed E-state index contributed by atoms with van der Waals surface area (Å²) in [5.74, 6) is -0.979. The molecule has 2 heterocycles. The number of unbranched alkanes of at least 4 members (excludes halogenated alkanes) is 7. The minimum atomic E-state index is -0.699. The molecule has 0 saturated carbocycles. The fourth-order valence-electron chi connectivity index (χ4n) is 4.21. The Hall–Kier alpha value is -3.21. The summed E-state index contributed by atoms with van der Waals surface area (Å²) in [6, 6.07) is -0.699. The number of anilines is 1. The number of rotatable bonds is 20. The van der Waals surface area contributed by atoms with E-state index in [2.05, 4.69) is 34.0 Å². The van der Waals surface area contributed by atoms with Gasteiger partial charge in [-0.3, -0.25) is 19.4 Å². The number of carbonyl (C=O) groups is 2. The van der Waals surface area contributed by atoms with Gasteiger partial charge in [-0.15, -0.1) is 0 Å². The molecule has 0 spiro atoms. The maximum Gasteiger partial charge on any atom is 0.323 e. The van der Waals surface area contributed by atoms with E-state index >= 15 is 0 Å². The number of fused-ring (bicyclic) bond motifs is 1. The second-order valence-corrected chi connectivity index (χ2v) is 10.7. The Morgan fingerprint density at radius 1 is 1.07 bits per heavy atom. The highest BCUT2D eigenvalue weighted by Gasteiger charge is 2.21. The van der Waals surface area contributed by atoms with Crippen LogP contribution in [0.4, 0.5) is 5.95 Å². The van der Waals surface area contributed by atoms with E-state index in [0.29, 0.717) is 25.0 Å². The van der Waals surface area contributed by atoms with Crippen LogP contribution in [0.15, 0.2) is 23.3 Å². The lowest BCUT2D eigenvalue weighted by molar-refractivity contribution is -0.149. The Morgan fingerprint density at radius 3 is 2.50 bits per heavy atom. The molecule has 0 fully saturated rings. The maximum atomic E-state index is 12.4. The standard InChI is InChI=1S/C29H48N6O5/c1-4-5-6-7-8-9-10-11-12-13-14-15-23(36)40-19-22(16-17-39-28(38)24(30)21(2)3)18-35-20-32-25-26(35)33-29(31)34-27(25)37/h7-8,20-22,24H,4-6,9-19,30H2,1-3H3,(H3,31,33,34,37)/b8-7+/t22-,24+/m1/s1. The number of aromatic nitrogens is 4. The summed E-state index contributed by atoms with van der Waals surface area (Å²) in [5, 5.41) is 0. The fourth-order valence-corrected chi connectivity index (χ4v) is 4.21. The van der Waals surface area contributed by atoms with Crippen molar-refractivity contribution in [3.05, 3.63) is 28.8 Å². The molecule has 0 aliphatic carbocycles. The molecule has 0 bridgehead atoms. The van der Waals surface area contributed by atoms with Gasteiger partial charge in [0.05, 0.1) is 19.5 Å². The van der Waals surface area contributed by atoms with Crippen LogP contribution in [0.2, 0.25) is 0 Å². The molecule has 0 radical (unpaired) electrons. The summed E-state index contributed by atoms with van der Waals surface area (Å²) < 4.78 is 12.6. The predicted molar refractivity (Wildman–Crippen MR) is 156 cm³/mol.